The van der Waals surface area contributed by atoms with Gasteiger partial charge >= 0.3 is 36.4 Å². The number of rotatable bonds is 3. The molecular formula is C18H21F6SSb. The van der Waals surface area contributed by atoms with Crippen molar-refractivity contribution < 1.29 is 16.9 Å². The molecule has 0 heterocycles. The van der Waals surface area contributed by atoms with E-state index in [9.17, 15) is 16.9 Å². The number of hydrogen-bond donors (Lipinski definition) is 0. The number of hydrogen-bond acceptors (Lipinski definition) is 0. The van der Waals surface area contributed by atoms with E-state index >= 15 is 0 Å². The smallest absolute Gasteiger partial charge is 0.0619 e. The molecule has 0 saturated heterocycles. The molecule has 0 aliphatic heterocycles. The van der Waals surface area contributed by atoms with Gasteiger partial charge in [-0.25, -0.2) is 0 Å². The average molecular weight is 505 g/mol. The monoisotopic (exact) mass is 504 g/mol. The molecule has 1 aliphatic rings. The van der Waals surface area contributed by atoms with Crippen molar-refractivity contribution in [1.82, 2.24) is 0 Å². The summed E-state index contributed by atoms with van der Waals surface area (Å²) in [6.07, 6.45) is 7.04. The predicted molar refractivity (Wildman–Crippen MR) is 96.1 cm³/mol. The van der Waals surface area contributed by atoms with E-state index in [2.05, 4.69) is 60.7 Å². The fourth-order valence-corrected chi connectivity index (χ4v) is 5.70. The van der Waals surface area contributed by atoms with E-state index in [1.54, 1.807) is 0 Å². The third-order valence-corrected chi connectivity index (χ3v) is 6.58. The molecule has 8 heteroatoms. The van der Waals surface area contributed by atoms with Gasteiger partial charge in [0.15, 0.2) is 9.79 Å². The Kier molecular flexibility index (Phi) is 6.34. The number of halogens is 6. The standard InChI is InChI=1S/C18H21S.6FH.Sb/c1-4-10-16(11-5-1)19(17-12-6-2-7-13-17)18-14-8-3-9-15-18;;;;;;;/h1-2,4-7,10-13,18H,3,8-9,14-15H2;6*1H;/q+1;;;;;;;+5/p-6. The third-order valence-electron chi connectivity index (χ3n) is 3.88. The molecule has 0 amide bonds. The topological polar surface area (TPSA) is 0 Å². The van der Waals surface area contributed by atoms with Gasteiger partial charge in [-0.05, 0) is 49.9 Å². The van der Waals surface area contributed by atoms with Crippen molar-refractivity contribution in [2.45, 2.75) is 47.1 Å². The predicted octanol–water partition coefficient (Wildman–Crippen LogP) is 7.20. The molecule has 1 saturated carbocycles. The summed E-state index contributed by atoms with van der Waals surface area (Å²) in [5.41, 5.74) is 0. The first-order valence-electron chi connectivity index (χ1n) is 8.30. The van der Waals surface area contributed by atoms with E-state index in [1.807, 2.05) is 0 Å². The van der Waals surface area contributed by atoms with E-state index in [4.69, 9.17) is 0 Å². The van der Waals surface area contributed by atoms with Gasteiger partial charge in [0.25, 0.3) is 0 Å². The van der Waals surface area contributed by atoms with Crippen LogP contribution in [0.3, 0.4) is 0 Å². The summed E-state index contributed by atoms with van der Waals surface area (Å²) < 4.78 is 59.6. The zero-order valence-corrected chi connectivity index (χ0v) is 17.4. The van der Waals surface area contributed by atoms with Crippen molar-refractivity contribution >= 4 is 30.4 Å². The van der Waals surface area contributed by atoms with Crippen LogP contribution in [0, 0.1) is 0 Å². The van der Waals surface area contributed by atoms with Crippen LogP contribution in [-0.2, 0) is 10.9 Å². The van der Waals surface area contributed by atoms with Crippen LogP contribution in [0.5, 0.6) is 0 Å². The van der Waals surface area contributed by atoms with Gasteiger partial charge in [-0.15, -0.1) is 0 Å². The van der Waals surface area contributed by atoms with Crippen molar-refractivity contribution in [3.63, 3.8) is 0 Å². The normalized spacial score (nSPS) is 18.4. The second-order valence-corrected chi connectivity index (χ2v) is 13.9. The van der Waals surface area contributed by atoms with E-state index in [0.717, 1.165) is 5.25 Å². The van der Waals surface area contributed by atoms with Gasteiger partial charge in [-0.1, -0.05) is 42.8 Å². The fraction of sp³-hybridized carbons (Fsp3) is 0.333. The Hall–Kier alpha value is -0.812. The molecule has 0 bridgehead atoms. The summed E-state index contributed by atoms with van der Waals surface area (Å²) in [6, 6.07) is 22.2. The zero-order chi connectivity index (χ0) is 19.3. The summed E-state index contributed by atoms with van der Waals surface area (Å²) in [6.45, 7) is 0. The fourth-order valence-electron chi connectivity index (χ4n) is 2.96. The van der Waals surface area contributed by atoms with E-state index < -0.39 is 19.5 Å². The largest absolute Gasteiger partial charge is 0.160 e. The molecule has 3 rings (SSSR count). The summed E-state index contributed by atoms with van der Waals surface area (Å²) in [4.78, 5) is 3.03. The van der Waals surface area contributed by atoms with E-state index in [0.29, 0.717) is 0 Å². The Balaban J connectivity index is 0.000000298. The van der Waals surface area contributed by atoms with Crippen molar-refractivity contribution in [2.75, 3.05) is 0 Å². The third kappa shape index (κ3) is 9.22. The zero-order valence-electron chi connectivity index (χ0n) is 14.0. The molecule has 146 valence electrons. The molecule has 0 N–H and O–H groups in total. The minimum atomic E-state index is -11.2. The van der Waals surface area contributed by atoms with Crippen molar-refractivity contribution in [3.8, 4) is 0 Å². The van der Waals surface area contributed by atoms with Gasteiger partial charge in [0.1, 0.15) is 5.25 Å². The first-order chi connectivity index (χ1) is 11.9. The quantitative estimate of drug-likeness (QED) is 0.235. The molecule has 0 nitrogen and oxygen atoms in total. The SMILES string of the molecule is [F][Sb-]([F])([F])([F])([F])[F].c1ccc([S+](c2ccccc2)C2CCCCC2)cc1. The molecule has 0 atom stereocenters. The van der Waals surface area contributed by atoms with Gasteiger partial charge < -0.3 is 0 Å². The van der Waals surface area contributed by atoms with Crippen LogP contribution in [-0.4, -0.2) is 24.7 Å². The van der Waals surface area contributed by atoms with Gasteiger partial charge in [-0.2, -0.15) is 0 Å². The molecule has 0 radical (unpaired) electrons. The first-order valence-corrected chi connectivity index (χ1v) is 15.4. The Morgan fingerprint density at radius 2 is 0.962 bits per heavy atom. The van der Waals surface area contributed by atoms with Crippen LogP contribution >= 0.6 is 0 Å². The molecule has 0 spiro atoms. The maximum absolute atomic E-state index is 11.2. The summed E-state index contributed by atoms with van der Waals surface area (Å²) >= 11 is -11.2. The van der Waals surface area contributed by atoms with Gasteiger partial charge in [0.05, 0.1) is 10.9 Å². The van der Waals surface area contributed by atoms with Crippen LogP contribution < -0.4 is 0 Å². The first kappa shape index (κ1) is 21.5. The van der Waals surface area contributed by atoms with Gasteiger partial charge in [-0.3, -0.25) is 0 Å². The van der Waals surface area contributed by atoms with Crippen LogP contribution in [0.1, 0.15) is 32.1 Å². The number of benzene rings is 2. The molecular weight excluding hydrogens is 484 g/mol. The maximum atomic E-state index is 9.93. The molecule has 26 heavy (non-hydrogen) atoms. The van der Waals surface area contributed by atoms with Crippen LogP contribution in [0.2, 0.25) is 0 Å². The Morgan fingerprint density at radius 1 is 0.615 bits per heavy atom. The second-order valence-electron chi connectivity index (χ2n) is 6.18. The van der Waals surface area contributed by atoms with E-state index in [-0.39, 0.29) is 10.9 Å². The Bertz CT molecular complexity index is 631. The van der Waals surface area contributed by atoms with Crippen molar-refractivity contribution in [1.29, 1.82) is 0 Å². The Labute approximate surface area is 154 Å². The average Bonchev–Trinajstić information content (AvgIpc) is 2.55. The molecule has 2 aromatic carbocycles. The molecule has 2 aromatic rings. The van der Waals surface area contributed by atoms with Gasteiger partial charge in [0, 0.05) is 0 Å². The summed E-state index contributed by atoms with van der Waals surface area (Å²) in [5, 5.41) is 0.846. The van der Waals surface area contributed by atoms with E-state index in [1.165, 1.54) is 41.9 Å². The minimum Gasteiger partial charge on any atom is -0.0619 e. The molecule has 0 aromatic heterocycles. The Morgan fingerprint density at radius 3 is 1.31 bits per heavy atom. The molecule has 0 unspecified atom stereocenters. The molecule has 1 fully saturated rings. The summed E-state index contributed by atoms with van der Waals surface area (Å²) in [5.74, 6) is 0. The second kappa shape index (κ2) is 7.67. The summed E-state index contributed by atoms with van der Waals surface area (Å²) in [7, 11) is 0.262. The minimum absolute atomic E-state index is 0.262. The molecule has 1 aliphatic carbocycles. The van der Waals surface area contributed by atoms with Crippen LogP contribution in [0.4, 0.5) is 16.9 Å². The van der Waals surface area contributed by atoms with Crippen molar-refractivity contribution in [3.05, 3.63) is 60.7 Å². The maximum Gasteiger partial charge on any atom is 0.160 e. The van der Waals surface area contributed by atoms with Crippen molar-refractivity contribution in [2.24, 2.45) is 0 Å². The van der Waals surface area contributed by atoms with Gasteiger partial charge in [0.2, 0.25) is 0 Å². The van der Waals surface area contributed by atoms with Crippen LogP contribution in [0.25, 0.3) is 0 Å². The van der Waals surface area contributed by atoms with Crippen LogP contribution in [0.15, 0.2) is 70.5 Å².